The van der Waals surface area contributed by atoms with E-state index < -0.39 is 6.10 Å². The van der Waals surface area contributed by atoms with Gasteiger partial charge in [-0.15, -0.1) is 6.58 Å². The third kappa shape index (κ3) is 1.74. The van der Waals surface area contributed by atoms with Gasteiger partial charge in [0.15, 0.2) is 0 Å². The Kier molecular flexibility index (Phi) is 2.47. The van der Waals surface area contributed by atoms with Gasteiger partial charge in [0.25, 0.3) is 0 Å². The third-order valence-corrected chi connectivity index (χ3v) is 2.39. The maximum Gasteiger partial charge on any atom is 0.120 e. The molecule has 78 valence electrons. The fraction of sp³-hybridized carbons (Fsp3) is 0.167. The summed E-state index contributed by atoms with van der Waals surface area (Å²) < 4.78 is 5.12. The molecule has 1 unspecified atom stereocenters. The molecule has 2 N–H and O–H groups in total. The predicted molar refractivity (Wildman–Crippen MR) is 60.0 cm³/mol. The lowest BCUT2D eigenvalue weighted by Gasteiger charge is -1.99. The van der Waals surface area contributed by atoms with E-state index in [9.17, 15) is 5.11 Å². The van der Waals surface area contributed by atoms with Gasteiger partial charge >= 0.3 is 0 Å². The molecule has 2 aromatic rings. The number of ether oxygens (including phenoxy) is 1. The summed E-state index contributed by atoms with van der Waals surface area (Å²) in [5.41, 5.74) is 1.69. The Labute approximate surface area is 88.0 Å². The minimum absolute atomic E-state index is 0.650. The highest BCUT2D eigenvalue weighted by Gasteiger charge is 2.07. The Morgan fingerprint density at radius 3 is 2.93 bits per heavy atom. The third-order valence-electron chi connectivity index (χ3n) is 2.39. The van der Waals surface area contributed by atoms with Gasteiger partial charge in [0, 0.05) is 22.7 Å². The van der Waals surface area contributed by atoms with Gasteiger partial charge in [-0.3, -0.25) is 0 Å². The molecule has 3 nitrogen and oxygen atoms in total. The molecule has 0 aliphatic heterocycles. The zero-order valence-electron chi connectivity index (χ0n) is 8.53. The summed E-state index contributed by atoms with van der Waals surface area (Å²) in [6.07, 6.45) is 0.838. The summed E-state index contributed by atoms with van der Waals surface area (Å²) >= 11 is 0. The maximum atomic E-state index is 9.58. The topological polar surface area (TPSA) is 45.2 Å². The van der Waals surface area contributed by atoms with Crippen molar-refractivity contribution in [1.29, 1.82) is 0 Å². The number of aliphatic hydroxyl groups is 1. The van der Waals surface area contributed by atoms with Crippen LogP contribution >= 0.6 is 0 Å². The van der Waals surface area contributed by atoms with Gasteiger partial charge in [-0.05, 0) is 18.2 Å². The molecule has 1 heterocycles. The van der Waals surface area contributed by atoms with Crippen LogP contribution in [0.4, 0.5) is 0 Å². The lowest BCUT2D eigenvalue weighted by atomic mass is 10.2. The lowest BCUT2D eigenvalue weighted by molar-refractivity contribution is 0.225. The molecule has 15 heavy (non-hydrogen) atoms. The first-order valence-corrected chi connectivity index (χ1v) is 4.72. The molecule has 0 aliphatic rings. The second-order valence-electron chi connectivity index (χ2n) is 3.36. The molecular weight excluding hydrogens is 190 g/mol. The summed E-state index contributed by atoms with van der Waals surface area (Å²) in [5, 5.41) is 10.6. The number of H-pyrrole nitrogens is 1. The van der Waals surface area contributed by atoms with Crippen molar-refractivity contribution in [3.63, 3.8) is 0 Å². The van der Waals surface area contributed by atoms with Crippen molar-refractivity contribution in [2.24, 2.45) is 0 Å². The fourth-order valence-electron chi connectivity index (χ4n) is 1.54. The van der Waals surface area contributed by atoms with Crippen LogP contribution in [0.1, 0.15) is 11.8 Å². The van der Waals surface area contributed by atoms with E-state index >= 15 is 0 Å². The molecule has 0 bridgehead atoms. The van der Waals surface area contributed by atoms with Crippen LogP contribution in [0.15, 0.2) is 36.9 Å². The van der Waals surface area contributed by atoms with Crippen LogP contribution in [0, 0.1) is 0 Å². The first-order valence-electron chi connectivity index (χ1n) is 4.72. The normalized spacial score (nSPS) is 12.7. The Bertz CT molecular complexity index is 487. The van der Waals surface area contributed by atoms with Crippen LogP contribution < -0.4 is 4.74 Å². The Morgan fingerprint density at radius 1 is 1.47 bits per heavy atom. The van der Waals surface area contributed by atoms with Crippen molar-refractivity contribution < 1.29 is 9.84 Å². The Balaban J connectivity index is 2.50. The number of nitrogens with one attached hydrogen (secondary N) is 1. The van der Waals surface area contributed by atoms with Gasteiger partial charge in [-0.1, -0.05) is 6.08 Å². The summed E-state index contributed by atoms with van der Waals surface area (Å²) in [5.74, 6) is 0.795. The number of methoxy groups -OCH3 is 1. The number of fused-ring (bicyclic) bond motifs is 1. The van der Waals surface area contributed by atoms with Crippen molar-refractivity contribution in [2.75, 3.05) is 7.11 Å². The van der Waals surface area contributed by atoms with Gasteiger partial charge in [0.05, 0.1) is 7.11 Å². The molecule has 3 heteroatoms. The number of aromatic nitrogens is 1. The quantitative estimate of drug-likeness (QED) is 0.752. The van der Waals surface area contributed by atoms with E-state index in [1.165, 1.54) is 6.08 Å². The second kappa shape index (κ2) is 3.79. The van der Waals surface area contributed by atoms with Crippen molar-refractivity contribution in [2.45, 2.75) is 6.10 Å². The zero-order valence-corrected chi connectivity index (χ0v) is 8.53. The summed E-state index contributed by atoms with van der Waals surface area (Å²) in [6, 6.07) is 7.64. The molecule has 0 spiro atoms. The van der Waals surface area contributed by atoms with E-state index in [4.69, 9.17) is 4.74 Å². The highest BCUT2D eigenvalue weighted by molar-refractivity contribution is 5.82. The van der Waals surface area contributed by atoms with E-state index in [0.29, 0.717) is 0 Å². The number of hydrogen-bond donors (Lipinski definition) is 2. The molecule has 0 saturated heterocycles. The Morgan fingerprint density at radius 2 is 2.27 bits per heavy atom. The van der Waals surface area contributed by atoms with E-state index in [2.05, 4.69) is 11.6 Å². The predicted octanol–water partition coefficient (Wildman–Crippen LogP) is 2.40. The standard InChI is InChI=1S/C12H13NO2/c1-3-12(14)11-6-8-4-5-9(15-2)7-10(8)13-11/h3-7,12-14H,1H2,2H3. The van der Waals surface area contributed by atoms with Crippen LogP contribution in [0.25, 0.3) is 10.9 Å². The highest BCUT2D eigenvalue weighted by Crippen LogP contribution is 2.24. The molecule has 1 aromatic carbocycles. The van der Waals surface area contributed by atoms with Crippen molar-refractivity contribution in [3.05, 3.63) is 42.6 Å². The Hall–Kier alpha value is -1.74. The number of rotatable bonds is 3. The van der Waals surface area contributed by atoms with E-state index in [0.717, 1.165) is 22.3 Å². The van der Waals surface area contributed by atoms with Gasteiger partial charge in [0.2, 0.25) is 0 Å². The van der Waals surface area contributed by atoms with E-state index in [-0.39, 0.29) is 0 Å². The molecule has 0 saturated carbocycles. The molecule has 1 aromatic heterocycles. The maximum absolute atomic E-state index is 9.58. The summed E-state index contributed by atoms with van der Waals surface area (Å²) in [4.78, 5) is 3.12. The zero-order chi connectivity index (χ0) is 10.8. The first kappa shape index (κ1) is 9.80. The average molecular weight is 203 g/mol. The van der Waals surface area contributed by atoms with E-state index in [1.54, 1.807) is 7.11 Å². The summed E-state index contributed by atoms with van der Waals surface area (Å²) in [7, 11) is 1.63. The number of benzene rings is 1. The van der Waals surface area contributed by atoms with E-state index in [1.807, 2.05) is 24.3 Å². The minimum Gasteiger partial charge on any atom is -0.497 e. The number of hydrogen-bond acceptors (Lipinski definition) is 2. The molecule has 0 radical (unpaired) electrons. The minimum atomic E-state index is -0.650. The number of aromatic amines is 1. The van der Waals surface area contributed by atoms with Gasteiger partial charge in [-0.25, -0.2) is 0 Å². The fourth-order valence-corrected chi connectivity index (χ4v) is 1.54. The van der Waals surface area contributed by atoms with Crippen LogP contribution in [0.3, 0.4) is 0 Å². The van der Waals surface area contributed by atoms with Crippen LogP contribution in [-0.2, 0) is 0 Å². The highest BCUT2D eigenvalue weighted by atomic mass is 16.5. The largest absolute Gasteiger partial charge is 0.497 e. The molecular formula is C12H13NO2. The van der Waals surface area contributed by atoms with Crippen LogP contribution in [0.5, 0.6) is 5.75 Å². The lowest BCUT2D eigenvalue weighted by Crippen LogP contribution is -1.91. The monoisotopic (exact) mass is 203 g/mol. The molecule has 0 aliphatic carbocycles. The SMILES string of the molecule is C=CC(O)c1cc2ccc(OC)cc2[nH]1. The molecule has 0 fully saturated rings. The smallest absolute Gasteiger partial charge is 0.120 e. The molecule has 2 rings (SSSR count). The molecule has 0 amide bonds. The average Bonchev–Trinajstić information content (AvgIpc) is 2.70. The van der Waals surface area contributed by atoms with Crippen LogP contribution in [0.2, 0.25) is 0 Å². The second-order valence-corrected chi connectivity index (χ2v) is 3.36. The first-order chi connectivity index (χ1) is 7.24. The van der Waals surface area contributed by atoms with Crippen molar-refractivity contribution in [3.8, 4) is 5.75 Å². The summed E-state index contributed by atoms with van der Waals surface area (Å²) in [6.45, 7) is 3.55. The van der Waals surface area contributed by atoms with Crippen molar-refractivity contribution >= 4 is 10.9 Å². The van der Waals surface area contributed by atoms with Gasteiger partial charge < -0.3 is 14.8 Å². The van der Waals surface area contributed by atoms with Gasteiger partial charge in [-0.2, -0.15) is 0 Å². The number of aliphatic hydroxyl groups excluding tert-OH is 1. The van der Waals surface area contributed by atoms with Crippen molar-refractivity contribution in [1.82, 2.24) is 4.98 Å². The molecule has 1 atom stereocenters. The van der Waals surface area contributed by atoms with Crippen LogP contribution in [-0.4, -0.2) is 17.2 Å². The van der Waals surface area contributed by atoms with Gasteiger partial charge in [0.1, 0.15) is 11.9 Å².